The van der Waals surface area contributed by atoms with Crippen molar-refractivity contribution in [3.05, 3.63) is 17.0 Å². The summed E-state index contributed by atoms with van der Waals surface area (Å²) >= 11 is 0. The third kappa shape index (κ3) is 1.41. The van der Waals surface area contributed by atoms with Crippen molar-refractivity contribution in [2.75, 3.05) is 6.61 Å². The van der Waals surface area contributed by atoms with Crippen LogP contribution in [0.2, 0.25) is 0 Å². The van der Waals surface area contributed by atoms with E-state index in [0.29, 0.717) is 19.8 Å². The largest absolute Gasteiger partial charge is 0.390 e. The van der Waals surface area contributed by atoms with Crippen LogP contribution in [-0.4, -0.2) is 21.5 Å². The van der Waals surface area contributed by atoms with E-state index in [-0.39, 0.29) is 6.61 Å². The van der Waals surface area contributed by atoms with Gasteiger partial charge in [-0.05, 0) is 0 Å². The molecular weight excluding hydrogens is 180 g/mol. The van der Waals surface area contributed by atoms with Crippen molar-refractivity contribution in [2.45, 2.75) is 26.2 Å². The molecule has 4 nitrogen and oxygen atoms in total. The fourth-order valence-corrected chi connectivity index (χ4v) is 1.69. The quantitative estimate of drug-likeness (QED) is 0.675. The molecule has 0 bridgehead atoms. The number of aliphatic hydroxyl groups excluding tert-OH is 1. The molecule has 0 spiro atoms. The van der Waals surface area contributed by atoms with Crippen LogP contribution < -0.4 is 0 Å². The fourth-order valence-electron chi connectivity index (χ4n) is 1.69. The monoisotopic (exact) mass is 192 g/mol. The molecule has 2 heterocycles. The maximum atomic E-state index is 9.20. The zero-order valence-corrected chi connectivity index (χ0v) is 7.86. The van der Waals surface area contributed by atoms with E-state index in [1.165, 1.54) is 0 Å². The molecule has 0 aromatic carbocycles. The van der Waals surface area contributed by atoms with Crippen LogP contribution in [0.15, 0.2) is 0 Å². The average Bonchev–Trinajstić information content (AvgIpc) is 2.55. The van der Waals surface area contributed by atoms with Crippen molar-refractivity contribution in [1.82, 2.24) is 9.78 Å². The first-order valence-electron chi connectivity index (χ1n) is 4.56. The third-order valence-electron chi connectivity index (χ3n) is 2.37. The minimum Gasteiger partial charge on any atom is -0.390 e. The maximum absolute atomic E-state index is 9.20. The number of ether oxygens (including phenoxy) is 1. The van der Waals surface area contributed by atoms with Crippen LogP contribution in [0.1, 0.15) is 17.0 Å². The molecular formula is C10H12N2O2. The molecule has 1 aromatic rings. The van der Waals surface area contributed by atoms with Gasteiger partial charge in [0.2, 0.25) is 0 Å². The fraction of sp³-hybridized carbons (Fsp3) is 0.500. The molecule has 0 amide bonds. The standard InChI is InChI=1S/C10H12N2O2/c1-2-4-12-10(6-13)8-7-14-5-3-9(8)11-12/h1,13H,3-7H2. The van der Waals surface area contributed by atoms with Crippen molar-refractivity contribution < 1.29 is 9.84 Å². The number of aromatic nitrogens is 2. The molecule has 0 radical (unpaired) electrons. The summed E-state index contributed by atoms with van der Waals surface area (Å²) in [4.78, 5) is 0. The highest BCUT2D eigenvalue weighted by Gasteiger charge is 2.19. The van der Waals surface area contributed by atoms with Gasteiger partial charge in [-0.2, -0.15) is 5.10 Å². The van der Waals surface area contributed by atoms with Crippen LogP contribution in [0.4, 0.5) is 0 Å². The number of fused-ring (bicyclic) bond motifs is 1. The normalized spacial score (nSPS) is 14.9. The Balaban J connectivity index is 2.42. The van der Waals surface area contributed by atoms with Gasteiger partial charge in [0.05, 0.1) is 31.2 Å². The molecule has 1 N–H and O–H groups in total. The summed E-state index contributed by atoms with van der Waals surface area (Å²) in [5, 5.41) is 13.6. The van der Waals surface area contributed by atoms with Crippen molar-refractivity contribution in [3.8, 4) is 12.3 Å². The molecule has 0 fully saturated rings. The van der Waals surface area contributed by atoms with E-state index in [4.69, 9.17) is 11.2 Å². The summed E-state index contributed by atoms with van der Waals surface area (Å²) in [5.41, 5.74) is 2.81. The van der Waals surface area contributed by atoms with E-state index in [1.54, 1.807) is 4.68 Å². The first-order chi connectivity index (χ1) is 6.86. The van der Waals surface area contributed by atoms with Gasteiger partial charge in [-0.1, -0.05) is 5.92 Å². The smallest absolute Gasteiger partial charge is 0.102 e. The first kappa shape index (κ1) is 9.25. The molecule has 4 heteroatoms. The van der Waals surface area contributed by atoms with Crippen LogP contribution in [0.25, 0.3) is 0 Å². The summed E-state index contributed by atoms with van der Waals surface area (Å²) < 4.78 is 6.99. The highest BCUT2D eigenvalue weighted by Crippen LogP contribution is 2.20. The Hall–Kier alpha value is -1.31. The van der Waals surface area contributed by atoms with E-state index in [1.807, 2.05) is 0 Å². The highest BCUT2D eigenvalue weighted by molar-refractivity contribution is 5.27. The molecule has 1 aromatic heterocycles. The lowest BCUT2D eigenvalue weighted by Gasteiger charge is -2.11. The molecule has 0 saturated carbocycles. The lowest BCUT2D eigenvalue weighted by atomic mass is 10.1. The average molecular weight is 192 g/mol. The Morgan fingerprint density at radius 1 is 1.64 bits per heavy atom. The molecule has 0 atom stereocenters. The summed E-state index contributed by atoms with van der Waals surface area (Å²) in [6.07, 6.45) is 6.02. The van der Waals surface area contributed by atoms with Crippen LogP contribution in [0, 0.1) is 12.3 Å². The summed E-state index contributed by atoms with van der Waals surface area (Å²) in [6, 6.07) is 0. The molecule has 74 valence electrons. The second-order valence-corrected chi connectivity index (χ2v) is 3.19. The second-order valence-electron chi connectivity index (χ2n) is 3.19. The molecule has 0 saturated heterocycles. The van der Waals surface area contributed by atoms with Gasteiger partial charge in [0.25, 0.3) is 0 Å². The van der Waals surface area contributed by atoms with E-state index in [2.05, 4.69) is 11.0 Å². The predicted molar refractivity (Wildman–Crippen MR) is 50.3 cm³/mol. The van der Waals surface area contributed by atoms with Crippen molar-refractivity contribution in [1.29, 1.82) is 0 Å². The molecule has 0 unspecified atom stereocenters. The predicted octanol–water partition coefficient (Wildman–Crippen LogP) is 0.0813. The van der Waals surface area contributed by atoms with E-state index in [9.17, 15) is 5.11 Å². The van der Waals surface area contributed by atoms with Gasteiger partial charge in [-0.25, -0.2) is 0 Å². The third-order valence-corrected chi connectivity index (χ3v) is 2.37. The number of rotatable bonds is 2. The van der Waals surface area contributed by atoms with Gasteiger partial charge in [0.15, 0.2) is 0 Å². The van der Waals surface area contributed by atoms with Gasteiger partial charge in [0.1, 0.15) is 6.54 Å². The SMILES string of the molecule is C#CCn1nc2c(c1CO)COCC2. The molecule has 14 heavy (non-hydrogen) atoms. The van der Waals surface area contributed by atoms with E-state index in [0.717, 1.165) is 23.4 Å². The Morgan fingerprint density at radius 2 is 2.50 bits per heavy atom. The number of aliphatic hydroxyl groups is 1. The Kier molecular flexibility index (Phi) is 2.53. The summed E-state index contributed by atoms with van der Waals surface area (Å²) in [5.74, 6) is 2.52. The van der Waals surface area contributed by atoms with Crippen LogP contribution in [0.5, 0.6) is 0 Å². The lowest BCUT2D eigenvalue weighted by molar-refractivity contribution is 0.108. The summed E-state index contributed by atoms with van der Waals surface area (Å²) in [7, 11) is 0. The van der Waals surface area contributed by atoms with E-state index >= 15 is 0 Å². The molecule has 1 aliphatic rings. The minimum absolute atomic E-state index is 0.0344. The Bertz CT molecular complexity index is 376. The number of nitrogens with zero attached hydrogens (tertiary/aromatic N) is 2. The van der Waals surface area contributed by atoms with Crippen molar-refractivity contribution in [3.63, 3.8) is 0 Å². The van der Waals surface area contributed by atoms with E-state index < -0.39 is 0 Å². The van der Waals surface area contributed by atoms with Gasteiger partial charge in [0, 0.05) is 12.0 Å². The number of hydrogen-bond acceptors (Lipinski definition) is 3. The van der Waals surface area contributed by atoms with Crippen LogP contribution in [0.3, 0.4) is 0 Å². The van der Waals surface area contributed by atoms with Gasteiger partial charge >= 0.3 is 0 Å². The van der Waals surface area contributed by atoms with Gasteiger partial charge in [-0.15, -0.1) is 6.42 Å². The van der Waals surface area contributed by atoms with Gasteiger partial charge in [-0.3, -0.25) is 4.68 Å². The number of terminal acetylenes is 1. The maximum Gasteiger partial charge on any atom is 0.102 e. The minimum atomic E-state index is -0.0344. The first-order valence-corrected chi connectivity index (χ1v) is 4.56. The zero-order chi connectivity index (χ0) is 9.97. The van der Waals surface area contributed by atoms with Crippen LogP contribution in [-0.2, 0) is 30.9 Å². The Morgan fingerprint density at radius 3 is 3.21 bits per heavy atom. The lowest BCUT2D eigenvalue weighted by Crippen LogP contribution is -2.09. The van der Waals surface area contributed by atoms with Gasteiger partial charge < -0.3 is 9.84 Å². The summed E-state index contributed by atoms with van der Waals surface area (Å²) in [6.45, 7) is 1.61. The van der Waals surface area contributed by atoms with Crippen molar-refractivity contribution in [2.24, 2.45) is 0 Å². The highest BCUT2D eigenvalue weighted by atomic mass is 16.5. The number of hydrogen-bond donors (Lipinski definition) is 1. The zero-order valence-electron chi connectivity index (χ0n) is 7.86. The second kappa shape index (κ2) is 3.82. The van der Waals surface area contributed by atoms with Crippen LogP contribution >= 0.6 is 0 Å². The molecule has 2 rings (SSSR count). The molecule has 1 aliphatic heterocycles. The Labute approximate surface area is 82.5 Å². The molecule has 0 aliphatic carbocycles. The topological polar surface area (TPSA) is 47.3 Å². The van der Waals surface area contributed by atoms with Crippen molar-refractivity contribution >= 4 is 0 Å².